The molecule has 0 aliphatic heterocycles. The molecule has 1 aliphatic carbocycles. The van der Waals surface area contributed by atoms with Gasteiger partial charge >= 0.3 is 0 Å². The Balaban J connectivity index is 2.11. The van der Waals surface area contributed by atoms with E-state index in [9.17, 15) is 5.11 Å². The number of aliphatic hydroxyl groups is 1. The fourth-order valence-electron chi connectivity index (χ4n) is 3.96. The Morgan fingerprint density at radius 2 is 0.680 bits per heavy atom. The van der Waals surface area contributed by atoms with Crippen LogP contribution in [0, 0.1) is 0 Å². The molecule has 148 valence electrons. The Labute approximate surface area is 158 Å². The van der Waals surface area contributed by atoms with Crippen LogP contribution >= 0.6 is 0 Å². The van der Waals surface area contributed by atoms with Gasteiger partial charge in [-0.1, -0.05) is 108 Å². The van der Waals surface area contributed by atoms with Crippen molar-refractivity contribution >= 4 is 0 Å². The Hall–Kier alpha value is -0.300. The first-order valence-corrected chi connectivity index (χ1v) is 11.7. The summed E-state index contributed by atoms with van der Waals surface area (Å²) in [6.45, 7) is 0. The third-order valence-corrected chi connectivity index (χ3v) is 5.73. The van der Waals surface area contributed by atoms with Crippen molar-refractivity contribution in [2.24, 2.45) is 0 Å². The van der Waals surface area contributed by atoms with Crippen LogP contribution in [0.15, 0.2) is 12.2 Å². The van der Waals surface area contributed by atoms with Gasteiger partial charge in [0.15, 0.2) is 0 Å². The van der Waals surface area contributed by atoms with E-state index in [0.717, 1.165) is 12.8 Å². The summed E-state index contributed by atoms with van der Waals surface area (Å²) in [6.07, 6.45) is 32.8. The summed E-state index contributed by atoms with van der Waals surface area (Å²) in [5, 5.41) is 10.1. The number of allylic oxidation sites excluding steroid dienone is 2. The minimum Gasteiger partial charge on any atom is -0.393 e. The van der Waals surface area contributed by atoms with E-state index in [4.69, 9.17) is 0 Å². The van der Waals surface area contributed by atoms with Gasteiger partial charge in [-0.3, -0.25) is 0 Å². The summed E-state index contributed by atoms with van der Waals surface area (Å²) in [5.74, 6) is 0. The maximum absolute atomic E-state index is 10.1. The van der Waals surface area contributed by atoms with Crippen molar-refractivity contribution < 1.29 is 5.11 Å². The lowest BCUT2D eigenvalue weighted by atomic mass is 10.0. The van der Waals surface area contributed by atoms with Crippen LogP contribution in [0.3, 0.4) is 0 Å². The lowest BCUT2D eigenvalue weighted by Crippen LogP contribution is -2.05. The molecule has 0 aromatic rings. The summed E-state index contributed by atoms with van der Waals surface area (Å²) in [7, 11) is 0. The van der Waals surface area contributed by atoms with Crippen LogP contribution < -0.4 is 0 Å². The van der Waals surface area contributed by atoms with E-state index in [1.165, 1.54) is 122 Å². The average Bonchev–Trinajstić information content (AvgIpc) is 2.61. The van der Waals surface area contributed by atoms with Crippen LogP contribution in [-0.4, -0.2) is 11.2 Å². The van der Waals surface area contributed by atoms with Crippen LogP contribution in [0.5, 0.6) is 0 Å². The van der Waals surface area contributed by atoms with Crippen molar-refractivity contribution in [2.75, 3.05) is 0 Å². The fraction of sp³-hybridized carbons (Fsp3) is 0.917. The first kappa shape index (κ1) is 22.7. The van der Waals surface area contributed by atoms with E-state index in [-0.39, 0.29) is 6.10 Å². The van der Waals surface area contributed by atoms with Crippen LogP contribution in [0.25, 0.3) is 0 Å². The summed E-state index contributed by atoms with van der Waals surface area (Å²) >= 11 is 0. The molecular weight excluding hydrogens is 304 g/mol. The maximum atomic E-state index is 10.1. The van der Waals surface area contributed by atoms with Crippen LogP contribution in [0.4, 0.5) is 0 Å². The first-order valence-electron chi connectivity index (χ1n) is 11.7. The van der Waals surface area contributed by atoms with Crippen molar-refractivity contribution in [1.29, 1.82) is 0 Å². The lowest BCUT2D eigenvalue weighted by molar-refractivity contribution is 0.147. The molecule has 0 aromatic heterocycles. The standard InChI is InChI=1S/C24H46O/c25-24-22-20-18-16-14-12-10-8-6-4-2-1-3-5-7-9-11-13-15-17-19-21-23-24/h1-2,24-25H,3-23H2/b2-1-. The Bertz CT molecular complexity index is 284. The summed E-state index contributed by atoms with van der Waals surface area (Å²) < 4.78 is 0. The second-order valence-electron chi connectivity index (χ2n) is 8.29. The number of aliphatic hydroxyl groups excluding tert-OH is 1. The SMILES string of the molecule is OC1CCCCCCCCCC/C=C\CCCCCCCCCCC1. The molecule has 0 saturated heterocycles. The minimum absolute atomic E-state index is 0.0291. The zero-order valence-electron chi connectivity index (χ0n) is 17.0. The van der Waals surface area contributed by atoms with Gasteiger partial charge in [-0.15, -0.1) is 0 Å². The normalized spacial score (nSPS) is 27.2. The molecule has 1 unspecified atom stereocenters. The van der Waals surface area contributed by atoms with Crippen LogP contribution in [-0.2, 0) is 0 Å². The highest BCUT2D eigenvalue weighted by Crippen LogP contribution is 2.16. The van der Waals surface area contributed by atoms with Gasteiger partial charge in [0.25, 0.3) is 0 Å². The molecule has 1 nitrogen and oxygen atoms in total. The molecule has 25 heavy (non-hydrogen) atoms. The quantitative estimate of drug-likeness (QED) is 0.437. The van der Waals surface area contributed by atoms with E-state index in [1.54, 1.807) is 0 Å². The molecule has 1 N–H and O–H groups in total. The second kappa shape index (κ2) is 18.5. The predicted octanol–water partition coefficient (Wildman–Crippen LogP) is 8.11. The van der Waals surface area contributed by atoms with Gasteiger partial charge in [-0.05, 0) is 38.5 Å². The number of hydrogen-bond donors (Lipinski definition) is 1. The van der Waals surface area contributed by atoms with E-state index < -0.39 is 0 Å². The average molecular weight is 351 g/mol. The molecule has 1 aliphatic rings. The van der Waals surface area contributed by atoms with Gasteiger partial charge < -0.3 is 5.11 Å². The predicted molar refractivity (Wildman–Crippen MR) is 112 cm³/mol. The van der Waals surface area contributed by atoms with Crippen molar-refractivity contribution in [1.82, 2.24) is 0 Å². The van der Waals surface area contributed by atoms with E-state index in [2.05, 4.69) is 12.2 Å². The second-order valence-corrected chi connectivity index (χ2v) is 8.29. The molecule has 1 atom stereocenters. The molecule has 0 aromatic carbocycles. The highest BCUT2D eigenvalue weighted by Gasteiger charge is 2.03. The summed E-state index contributed by atoms with van der Waals surface area (Å²) in [4.78, 5) is 0. The third-order valence-electron chi connectivity index (χ3n) is 5.73. The molecule has 0 heterocycles. The molecule has 0 bridgehead atoms. The van der Waals surface area contributed by atoms with Gasteiger partial charge in [-0.25, -0.2) is 0 Å². The summed E-state index contributed by atoms with van der Waals surface area (Å²) in [6, 6.07) is 0. The lowest BCUT2D eigenvalue weighted by Gasteiger charge is -2.10. The van der Waals surface area contributed by atoms with Gasteiger partial charge in [0.05, 0.1) is 6.10 Å². The number of hydrogen-bond acceptors (Lipinski definition) is 1. The molecule has 0 amide bonds. The van der Waals surface area contributed by atoms with E-state index in [0.29, 0.717) is 0 Å². The van der Waals surface area contributed by atoms with E-state index in [1.807, 2.05) is 0 Å². The fourth-order valence-corrected chi connectivity index (χ4v) is 3.96. The molecule has 1 heteroatoms. The molecule has 0 spiro atoms. The number of rotatable bonds is 0. The molecule has 0 saturated carbocycles. The zero-order valence-corrected chi connectivity index (χ0v) is 17.0. The smallest absolute Gasteiger partial charge is 0.0540 e. The van der Waals surface area contributed by atoms with Gasteiger partial charge in [0.1, 0.15) is 0 Å². The topological polar surface area (TPSA) is 20.2 Å². The largest absolute Gasteiger partial charge is 0.393 e. The molecule has 0 radical (unpaired) electrons. The van der Waals surface area contributed by atoms with E-state index >= 15 is 0 Å². The van der Waals surface area contributed by atoms with Gasteiger partial charge in [-0.2, -0.15) is 0 Å². The molecule has 0 fully saturated rings. The monoisotopic (exact) mass is 350 g/mol. The first-order chi connectivity index (χ1) is 12.4. The van der Waals surface area contributed by atoms with Gasteiger partial charge in [0.2, 0.25) is 0 Å². The van der Waals surface area contributed by atoms with Crippen molar-refractivity contribution in [3.8, 4) is 0 Å². The Morgan fingerprint density at radius 1 is 0.400 bits per heavy atom. The highest BCUT2D eigenvalue weighted by atomic mass is 16.3. The van der Waals surface area contributed by atoms with Crippen molar-refractivity contribution in [3.63, 3.8) is 0 Å². The summed E-state index contributed by atoms with van der Waals surface area (Å²) in [5.41, 5.74) is 0. The molecular formula is C24H46O. The van der Waals surface area contributed by atoms with Crippen molar-refractivity contribution in [3.05, 3.63) is 12.2 Å². The van der Waals surface area contributed by atoms with Crippen LogP contribution in [0.1, 0.15) is 135 Å². The molecule has 1 rings (SSSR count). The van der Waals surface area contributed by atoms with Crippen LogP contribution in [0.2, 0.25) is 0 Å². The minimum atomic E-state index is -0.0291. The zero-order chi connectivity index (χ0) is 17.8. The third kappa shape index (κ3) is 16.9. The maximum Gasteiger partial charge on any atom is 0.0540 e. The Morgan fingerprint density at radius 3 is 1.04 bits per heavy atom. The van der Waals surface area contributed by atoms with Crippen molar-refractivity contribution in [2.45, 2.75) is 141 Å². The van der Waals surface area contributed by atoms with Gasteiger partial charge in [0, 0.05) is 0 Å². The highest BCUT2D eigenvalue weighted by molar-refractivity contribution is 4.81. The Kier molecular flexibility index (Phi) is 16.8.